The third-order valence-corrected chi connectivity index (χ3v) is 3.19. The molecule has 0 saturated carbocycles. The number of tetrazole rings is 1. The summed E-state index contributed by atoms with van der Waals surface area (Å²) in [6, 6.07) is 10.2. The van der Waals surface area contributed by atoms with Crippen LogP contribution in [0.1, 0.15) is 33.2 Å². The van der Waals surface area contributed by atoms with Crippen molar-refractivity contribution in [3.05, 3.63) is 30.3 Å². The average molecular weight is 273 g/mol. The standard InChI is InChI=1S/C15H23N5/c1-4-14(11-16-10-12(2)3)20-18-15(17-19-20)13-8-6-5-7-9-13/h5-9,12,14,16H,4,10-11H2,1-3H3. The van der Waals surface area contributed by atoms with E-state index in [-0.39, 0.29) is 6.04 Å². The van der Waals surface area contributed by atoms with Gasteiger partial charge in [-0.05, 0) is 24.1 Å². The van der Waals surface area contributed by atoms with Gasteiger partial charge in [0.1, 0.15) is 0 Å². The molecule has 0 aliphatic rings. The molecule has 0 aliphatic heterocycles. The zero-order chi connectivity index (χ0) is 14.4. The Morgan fingerprint density at radius 1 is 1.15 bits per heavy atom. The van der Waals surface area contributed by atoms with Crippen LogP contribution in [-0.4, -0.2) is 33.3 Å². The molecular weight excluding hydrogens is 250 g/mol. The zero-order valence-electron chi connectivity index (χ0n) is 12.5. The lowest BCUT2D eigenvalue weighted by atomic mass is 10.2. The van der Waals surface area contributed by atoms with E-state index in [9.17, 15) is 0 Å². The highest BCUT2D eigenvalue weighted by atomic mass is 15.6. The summed E-state index contributed by atoms with van der Waals surface area (Å²) in [6.07, 6.45) is 0.982. The van der Waals surface area contributed by atoms with Gasteiger partial charge in [0.25, 0.3) is 0 Å². The lowest BCUT2D eigenvalue weighted by Crippen LogP contribution is -2.29. The van der Waals surface area contributed by atoms with Crippen molar-refractivity contribution < 1.29 is 0 Å². The number of rotatable bonds is 7. The Hall–Kier alpha value is -1.75. The van der Waals surface area contributed by atoms with Gasteiger partial charge in [0.2, 0.25) is 5.82 Å². The molecule has 2 aromatic rings. The summed E-state index contributed by atoms with van der Waals surface area (Å²) in [5, 5.41) is 16.3. The van der Waals surface area contributed by atoms with Crippen LogP contribution in [0.25, 0.3) is 11.4 Å². The van der Waals surface area contributed by atoms with E-state index in [2.05, 4.69) is 41.5 Å². The molecule has 0 aliphatic carbocycles. The molecule has 0 saturated heterocycles. The predicted octanol–water partition coefficient (Wildman–Crippen LogP) is 2.54. The molecule has 20 heavy (non-hydrogen) atoms. The van der Waals surface area contributed by atoms with Crippen molar-refractivity contribution in [1.29, 1.82) is 0 Å². The topological polar surface area (TPSA) is 55.6 Å². The first-order valence-electron chi connectivity index (χ1n) is 7.26. The molecule has 108 valence electrons. The third-order valence-electron chi connectivity index (χ3n) is 3.19. The summed E-state index contributed by atoms with van der Waals surface area (Å²) >= 11 is 0. The van der Waals surface area contributed by atoms with Crippen molar-refractivity contribution in [2.45, 2.75) is 33.2 Å². The Morgan fingerprint density at radius 2 is 1.90 bits per heavy atom. The minimum Gasteiger partial charge on any atom is -0.314 e. The zero-order valence-corrected chi connectivity index (χ0v) is 12.5. The van der Waals surface area contributed by atoms with E-state index in [0.29, 0.717) is 11.7 Å². The van der Waals surface area contributed by atoms with Gasteiger partial charge in [-0.25, -0.2) is 0 Å². The molecule has 0 radical (unpaired) electrons. The lowest BCUT2D eigenvalue weighted by Gasteiger charge is -2.15. The van der Waals surface area contributed by atoms with Crippen molar-refractivity contribution in [2.24, 2.45) is 5.92 Å². The summed E-state index contributed by atoms with van der Waals surface area (Å²) in [6.45, 7) is 8.44. The van der Waals surface area contributed by atoms with Crippen LogP contribution in [-0.2, 0) is 0 Å². The fraction of sp³-hybridized carbons (Fsp3) is 0.533. The second-order valence-electron chi connectivity index (χ2n) is 5.41. The summed E-state index contributed by atoms with van der Waals surface area (Å²) in [5.74, 6) is 1.34. The van der Waals surface area contributed by atoms with Gasteiger partial charge < -0.3 is 5.32 Å². The van der Waals surface area contributed by atoms with E-state index in [4.69, 9.17) is 0 Å². The number of aromatic nitrogens is 4. The molecule has 5 nitrogen and oxygen atoms in total. The molecule has 1 unspecified atom stereocenters. The highest BCUT2D eigenvalue weighted by Gasteiger charge is 2.13. The van der Waals surface area contributed by atoms with E-state index in [1.165, 1.54) is 0 Å². The van der Waals surface area contributed by atoms with Crippen LogP contribution in [0.2, 0.25) is 0 Å². The second-order valence-corrected chi connectivity index (χ2v) is 5.41. The maximum atomic E-state index is 4.50. The molecule has 1 atom stereocenters. The normalized spacial score (nSPS) is 12.8. The molecule has 1 aromatic carbocycles. The van der Waals surface area contributed by atoms with Gasteiger partial charge in [-0.1, -0.05) is 51.1 Å². The molecule has 1 heterocycles. The van der Waals surface area contributed by atoms with Crippen LogP contribution in [0.5, 0.6) is 0 Å². The fourth-order valence-corrected chi connectivity index (χ4v) is 2.01. The molecule has 0 spiro atoms. The smallest absolute Gasteiger partial charge is 0.204 e. The highest BCUT2D eigenvalue weighted by Crippen LogP contribution is 2.14. The van der Waals surface area contributed by atoms with Gasteiger partial charge in [0.05, 0.1) is 6.04 Å². The van der Waals surface area contributed by atoms with Gasteiger partial charge in [-0.2, -0.15) is 4.80 Å². The number of nitrogens with one attached hydrogen (secondary N) is 1. The van der Waals surface area contributed by atoms with Crippen LogP contribution in [0.4, 0.5) is 0 Å². The SMILES string of the molecule is CCC(CNCC(C)C)n1nnc(-c2ccccc2)n1. The summed E-state index contributed by atoms with van der Waals surface area (Å²) in [5.41, 5.74) is 1.00. The summed E-state index contributed by atoms with van der Waals surface area (Å²) in [4.78, 5) is 1.73. The summed E-state index contributed by atoms with van der Waals surface area (Å²) < 4.78 is 0. The fourth-order valence-electron chi connectivity index (χ4n) is 2.01. The molecular formula is C15H23N5. The predicted molar refractivity (Wildman–Crippen MR) is 80.3 cm³/mol. The first-order valence-corrected chi connectivity index (χ1v) is 7.26. The molecule has 0 fully saturated rings. The van der Waals surface area contributed by atoms with Crippen LogP contribution in [0, 0.1) is 5.92 Å². The molecule has 1 aromatic heterocycles. The monoisotopic (exact) mass is 273 g/mol. The Kier molecular flexibility index (Phi) is 5.24. The minimum atomic E-state index is 0.249. The van der Waals surface area contributed by atoms with Gasteiger partial charge in [-0.15, -0.1) is 10.2 Å². The van der Waals surface area contributed by atoms with Crippen LogP contribution >= 0.6 is 0 Å². The van der Waals surface area contributed by atoms with Gasteiger partial charge >= 0.3 is 0 Å². The van der Waals surface area contributed by atoms with Gasteiger partial charge in [0, 0.05) is 12.1 Å². The quantitative estimate of drug-likeness (QED) is 0.842. The lowest BCUT2D eigenvalue weighted by molar-refractivity contribution is 0.358. The summed E-state index contributed by atoms with van der Waals surface area (Å²) in [7, 11) is 0. The van der Waals surface area contributed by atoms with Crippen molar-refractivity contribution in [3.63, 3.8) is 0 Å². The number of nitrogens with zero attached hydrogens (tertiary/aromatic N) is 4. The molecule has 2 rings (SSSR count). The Bertz CT molecular complexity index is 506. The van der Waals surface area contributed by atoms with Crippen molar-refractivity contribution in [1.82, 2.24) is 25.5 Å². The molecule has 0 bridgehead atoms. The van der Waals surface area contributed by atoms with Crippen LogP contribution < -0.4 is 5.32 Å². The van der Waals surface area contributed by atoms with E-state index in [1.807, 2.05) is 30.3 Å². The number of hydrogen-bond donors (Lipinski definition) is 1. The second kappa shape index (κ2) is 7.14. The van der Waals surface area contributed by atoms with Gasteiger partial charge in [-0.3, -0.25) is 0 Å². The maximum absolute atomic E-state index is 4.50. The number of hydrogen-bond acceptors (Lipinski definition) is 4. The Balaban J connectivity index is 2.02. The van der Waals surface area contributed by atoms with Crippen LogP contribution in [0.15, 0.2) is 30.3 Å². The minimum absolute atomic E-state index is 0.249. The molecule has 0 amide bonds. The van der Waals surface area contributed by atoms with Crippen molar-refractivity contribution in [2.75, 3.05) is 13.1 Å². The van der Waals surface area contributed by atoms with E-state index in [1.54, 1.807) is 4.80 Å². The van der Waals surface area contributed by atoms with Crippen molar-refractivity contribution >= 4 is 0 Å². The Labute approximate surface area is 120 Å². The number of benzene rings is 1. The van der Waals surface area contributed by atoms with Gasteiger partial charge in [0.15, 0.2) is 0 Å². The highest BCUT2D eigenvalue weighted by molar-refractivity contribution is 5.52. The molecule has 1 N–H and O–H groups in total. The first-order chi connectivity index (χ1) is 9.70. The van der Waals surface area contributed by atoms with E-state index >= 15 is 0 Å². The van der Waals surface area contributed by atoms with E-state index < -0.39 is 0 Å². The maximum Gasteiger partial charge on any atom is 0.204 e. The third kappa shape index (κ3) is 3.87. The largest absolute Gasteiger partial charge is 0.314 e. The van der Waals surface area contributed by atoms with Crippen molar-refractivity contribution in [3.8, 4) is 11.4 Å². The van der Waals surface area contributed by atoms with Crippen LogP contribution in [0.3, 0.4) is 0 Å². The first kappa shape index (κ1) is 14.7. The average Bonchev–Trinajstić information content (AvgIpc) is 2.94. The Morgan fingerprint density at radius 3 is 2.55 bits per heavy atom. The van der Waals surface area contributed by atoms with E-state index in [0.717, 1.165) is 25.1 Å². The molecule has 5 heteroatoms.